The van der Waals surface area contributed by atoms with Gasteiger partial charge in [0.2, 0.25) is 5.91 Å². The van der Waals surface area contributed by atoms with Crippen LogP contribution in [0.2, 0.25) is 0 Å². The zero-order chi connectivity index (χ0) is 12.1. The summed E-state index contributed by atoms with van der Waals surface area (Å²) in [5.41, 5.74) is 1.49. The number of hydrogen-bond donors (Lipinski definition) is 1. The molecule has 0 saturated heterocycles. The molecule has 1 heterocycles. The molecule has 4 nitrogen and oxygen atoms in total. The van der Waals surface area contributed by atoms with Gasteiger partial charge in [0.25, 0.3) is 0 Å². The molecule has 0 aliphatic carbocycles. The molecule has 1 amide bonds. The Hall–Kier alpha value is -2.36. The third kappa shape index (κ3) is 3.31. The lowest BCUT2D eigenvalue weighted by atomic mass is 10.3. The number of rotatable bonds is 3. The largest absolute Gasteiger partial charge is 0.463 e. The van der Waals surface area contributed by atoms with Crippen molar-refractivity contribution < 1.29 is 9.21 Å². The van der Waals surface area contributed by atoms with Gasteiger partial charge in [0.15, 0.2) is 0 Å². The third-order valence-electron chi connectivity index (χ3n) is 2.05. The Kier molecular flexibility index (Phi) is 3.35. The van der Waals surface area contributed by atoms with Crippen molar-refractivity contribution in [2.75, 3.05) is 5.32 Å². The summed E-state index contributed by atoms with van der Waals surface area (Å²) in [6.45, 7) is 1.47. The van der Waals surface area contributed by atoms with E-state index in [-0.39, 0.29) is 5.91 Å². The van der Waals surface area contributed by atoms with E-state index in [4.69, 9.17) is 4.42 Å². The molecule has 0 bridgehead atoms. The first-order valence-electron chi connectivity index (χ1n) is 5.19. The second kappa shape index (κ2) is 5.12. The van der Waals surface area contributed by atoms with Crippen molar-refractivity contribution in [3.8, 4) is 0 Å². The number of benzene rings is 1. The highest BCUT2D eigenvalue weighted by Gasteiger charge is 1.96. The van der Waals surface area contributed by atoms with Crippen molar-refractivity contribution in [2.24, 2.45) is 4.99 Å². The normalized spacial score (nSPS) is 10.6. The molecular formula is C13H12N2O2. The van der Waals surface area contributed by atoms with Crippen LogP contribution in [-0.2, 0) is 4.79 Å². The predicted octanol–water partition coefficient (Wildman–Crippen LogP) is 2.99. The van der Waals surface area contributed by atoms with Gasteiger partial charge in [-0.2, -0.15) is 0 Å². The molecule has 2 aromatic rings. The zero-order valence-corrected chi connectivity index (χ0v) is 9.38. The molecule has 0 aliphatic rings. The minimum absolute atomic E-state index is 0.0998. The molecule has 4 heteroatoms. The lowest BCUT2D eigenvalue weighted by molar-refractivity contribution is -0.114. The van der Waals surface area contributed by atoms with Crippen molar-refractivity contribution in [1.29, 1.82) is 0 Å². The number of anilines is 1. The van der Waals surface area contributed by atoms with E-state index in [1.165, 1.54) is 6.92 Å². The highest BCUT2D eigenvalue weighted by molar-refractivity contribution is 5.89. The summed E-state index contributed by atoms with van der Waals surface area (Å²) < 4.78 is 5.13. The number of carbonyl (C=O) groups excluding carboxylic acids is 1. The van der Waals surface area contributed by atoms with Gasteiger partial charge in [-0.05, 0) is 30.3 Å². The summed E-state index contributed by atoms with van der Waals surface area (Å²) in [4.78, 5) is 15.2. The van der Waals surface area contributed by atoms with Crippen LogP contribution >= 0.6 is 0 Å². The Morgan fingerprint density at radius 3 is 2.94 bits per heavy atom. The van der Waals surface area contributed by atoms with Crippen molar-refractivity contribution in [1.82, 2.24) is 0 Å². The monoisotopic (exact) mass is 228 g/mol. The Labute approximate surface area is 99.0 Å². The van der Waals surface area contributed by atoms with Crippen LogP contribution < -0.4 is 5.32 Å². The fourth-order valence-corrected chi connectivity index (χ4v) is 1.37. The van der Waals surface area contributed by atoms with E-state index in [0.717, 1.165) is 11.4 Å². The summed E-state index contributed by atoms with van der Waals surface area (Å²) in [6, 6.07) is 10.9. The molecule has 86 valence electrons. The summed E-state index contributed by atoms with van der Waals surface area (Å²) >= 11 is 0. The lowest BCUT2D eigenvalue weighted by Crippen LogP contribution is -2.05. The molecule has 1 aromatic heterocycles. The van der Waals surface area contributed by atoms with Gasteiger partial charge in [-0.25, -0.2) is 0 Å². The van der Waals surface area contributed by atoms with E-state index in [0.29, 0.717) is 5.76 Å². The minimum atomic E-state index is -0.0998. The molecule has 0 atom stereocenters. The number of hydrogen-bond acceptors (Lipinski definition) is 3. The first-order chi connectivity index (χ1) is 8.24. The maximum Gasteiger partial charge on any atom is 0.221 e. The molecule has 0 unspecified atom stereocenters. The molecule has 0 radical (unpaired) electrons. The van der Waals surface area contributed by atoms with Gasteiger partial charge < -0.3 is 9.73 Å². The van der Waals surface area contributed by atoms with Crippen LogP contribution in [0.4, 0.5) is 11.4 Å². The lowest BCUT2D eigenvalue weighted by Gasteiger charge is -2.01. The summed E-state index contributed by atoms with van der Waals surface area (Å²) in [5, 5.41) is 2.70. The fraction of sp³-hybridized carbons (Fsp3) is 0.0769. The second-order valence-electron chi connectivity index (χ2n) is 3.51. The smallest absolute Gasteiger partial charge is 0.221 e. The molecule has 0 aliphatic heterocycles. The summed E-state index contributed by atoms with van der Waals surface area (Å²) in [7, 11) is 0. The quantitative estimate of drug-likeness (QED) is 0.821. The van der Waals surface area contributed by atoms with Crippen LogP contribution in [0, 0.1) is 0 Å². The average Bonchev–Trinajstić information content (AvgIpc) is 2.79. The van der Waals surface area contributed by atoms with Crippen molar-refractivity contribution in [3.05, 3.63) is 48.4 Å². The van der Waals surface area contributed by atoms with E-state index >= 15 is 0 Å². The first kappa shape index (κ1) is 11.1. The van der Waals surface area contributed by atoms with Gasteiger partial charge >= 0.3 is 0 Å². The molecule has 1 N–H and O–H groups in total. The Morgan fingerprint density at radius 1 is 1.35 bits per heavy atom. The van der Waals surface area contributed by atoms with E-state index in [9.17, 15) is 4.79 Å². The number of furan rings is 1. The van der Waals surface area contributed by atoms with E-state index in [2.05, 4.69) is 10.3 Å². The second-order valence-corrected chi connectivity index (χ2v) is 3.51. The van der Waals surface area contributed by atoms with Crippen LogP contribution in [0.1, 0.15) is 12.7 Å². The fourth-order valence-electron chi connectivity index (χ4n) is 1.37. The van der Waals surface area contributed by atoms with Gasteiger partial charge in [0.05, 0.1) is 18.2 Å². The molecule has 17 heavy (non-hydrogen) atoms. The minimum Gasteiger partial charge on any atom is -0.463 e. The van der Waals surface area contributed by atoms with Crippen molar-refractivity contribution in [3.63, 3.8) is 0 Å². The third-order valence-corrected chi connectivity index (χ3v) is 2.05. The van der Waals surface area contributed by atoms with Crippen molar-refractivity contribution in [2.45, 2.75) is 6.92 Å². The summed E-state index contributed by atoms with van der Waals surface area (Å²) in [5.74, 6) is 0.590. The molecule has 0 fully saturated rings. The van der Waals surface area contributed by atoms with Gasteiger partial charge in [-0.15, -0.1) is 0 Å². The molecular weight excluding hydrogens is 216 g/mol. The van der Waals surface area contributed by atoms with Gasteiger partial charge in [0.1, 0.15) is 5.76 Å². The van der Waals surface area contributed by atoms with E-state index in [1.807, 2.05) is 24.3 Å². The van der Waals surface area contributed by atoms with Gasteiger partial charge in [0, 0.05) is 12.6 Å². The number of aliphatic imine (C=N–C) groups is 1. The standard InChI is InChI=1S/C13H12N2O2/c1-10(16)15-12-5-2-4-11(8-12)14-9-13-6-3-7-17-13/h2-9H,1H3,(H,15,16). The maximum atomic E-state index is 10.9. The topological polar surface area (TPSA) is 54.6 Å². The average molecular weight is 228 g/mol. The molecule has 2 rings (SSSR count). The SMILES string of the molecule is CC(=O)Nc1cccc(N=Cc2ccco2)c1. The molecule has 0 saturated carbocycles. The number of nitrogens with zero attached hydrogens (tertiary/aromatic N) is 1. The summed E-state index contributed by atoms with van der Waals surface area (Å²) in [6.07, 6.45) is 3.22. The number of amides is 1. The highest BCUT2D eigenvalue weighted by atomic mass is 16.3. The Morgan fingerprint density at radius 2 is 2.24 bits per heavy atom. The first-order valence-corrected chi connectivity index (χ1v) is 5.19. The van der Waals surface area contributed by atoms with Crippen molar-refractivity contribution >= 4 is 23.5 Å². The van der Waals surface area contributed by atoms with Crippen LogP contribution in [-0.4, -0.2) is 12.1 Å². The van der Waals surface area contributed by atoms with Crippen LogP contribution in [0.3, 0.4) is 0 Å². The van der Waals surface area contributed by atoms with Crippen LogP contribution in [0.15, 0.2) is 52.1 Å². The molecule has 1 aromatic carbocycles. The van der Waals surface area contributed by atoms with Crippen LogP contribution in [0.25, 0.3) is 0 Å². The van der Waals surface area contributed by atoms with Gasteiger partial charge in [-0.3, -0.25) is 9.79 Å². The van der Waals surface area contributed by atoms with E-state index < -0.39 is 0 Å². The predicted molar refractivity (Wildman–Crippen MR) is 66.7 cm³/mol. The molecule has 0 spiro atoms. The maximum absolute atomic E-state index is 10.9. The van der Waals surface area contributed by atoms with Gasteiger partial charge in [-0.1, -0.05) is 6.07 Å². The number of nitrogens with one attached hydrogen (secondary N) is 1. The van der Waals surface area contributed by atoms with E-state index in [1.54, 1.807) is 24.6 Å². The Bertz CT molecular complexity index is 530. The zero-order valence-electron chi connectivity index (χ0n) is 9.38. The van der Waals surface area contributed by atoms with Crippen LogP contribution in [0.5, 0.6) is 0 Å². The number of carbonyl (C=O) groups is 1. The highest BCUT2D eigenvalue weighted by Crippen LogP contribution is 2.17. The Balaban J connectivity index is 2.13.